The minimum Gasteiger partial charge on any atom is -0.295 e. The van der Waals surface area contributed by atoms with Crippen LogP contribution in [0.4, 0.5) is 0 Å². The average Bonchev–Trinajstić information content (AvgIpc) is 2.26. The molecule has 1 rings (SSSR count). The van der Waals surface area contributed by atoms with E-state index < -0.39 is 0 Å². The molecule has 0 amide bonds. The van der Waals surface area contributed by atoms with Crippen molar-refractivity contribution in [1.29, 1.82) is 0 Å². The minimum atomic E-state index is -0.00685. The highest BCUT2D eigenvalue weighted by molar-refractivity contribution is 6.31. The molecular weight excluding hydrogens is 232 g/mol. The van der Waals surface area contributed by atoms with Crippen molar-refractivity contribution in [3.8, 4) is 0 Å². The van der Waals surface area contributed by atoms with Crippen LogP contribution in [0.3, 0.4) is 0 Å². The second-order valence-electron chi connectivity index (χ2n) is 4.25. The Morgan fingerprint density at radius 3 is 2.35 bits per heavy atom. The van der Waals surface area contributed by atoms with Crippen molar-refractivity contribution in [3.63, 3.8) is 0 Å². The summed E-state index contributed by atoms with van der Waals surface area (Å²) in [6.07, 6.45) is 1.92. The van der Waals surface area contributed by atoms with E-state index in [1.54, 1.807) is 6.92 Å². The predicted octanol–water partition coefficient (Wildman–Crippen LogP) is 4.54. The molecule has 0 aliphatic carbocycles. The van der Waals surface area contributed by atoms with Crippen LogP contribution in [-0.4, -0.2) is 5.78 Å². The quantitative estimate of drug-likeness (QED) is 0.565. The topological polar surface area (TPSA) is 17.1 Å². The molecule has 0 aliphatic rings. The van der Waals surface area contributed by atoms with Gasteiger partial charge in [-0.25, -0.2) is 0 Å². The van der Waals surface area contributed by atoms with Gasteiger partial charge in [-0.3, -0.25) is 4.79 Å². The number of Topliss-reactive ketones (excluding diaryl/α,β-unsaturated/α-hetero) is 1. The summed E-state index contributed by atoms with van der Waals surface area (Å²) < 4.78 is 0. The van der Waals surface area contributed by atoms with Gasteiger partial charge in [-0.1, -0.05) is 48.0 Å². The summed E-state index contributed by atoms with van der Waals surface area (Å²) in [5, 5.41) is 0.702. The third kappa shape index (κ3) is 3.57. The lowest BCUT2D eigenvalue weighted by Crippen LogP contribution is -2.01. The third-order valence-corrected chi connectivity index (χ3v) is 3.09. The van der Waals surface area contributed by atoms with Crippen molar-refractivity contribution in [2.45, 2.75) is 26.7 Å². The van der Waals surface area contributed by atoms with Crippen molar-refractivity contribution in [2.24, 2.45) is 0 Å². The van der Waals surface area contributed by atoms with Gasteiger partial charge in [-0.15, -0.1) is 0 Å². The van der Waals surface area contributed by atoms with E-state index in [1.807, 2.05) is 44.2 Å². The molecule has 1 aromatic rings. The Morgan fingerprint density at radius 2 is 1.88 bits per heavy atom. The number of benzene rings is 1. The molecule has 1 nitrogen and oxygen atoms in total. The zero-order valence-electron chi connectivity index (χ0n) is 10.5. The van der Waals surface area contributed by atoms with Crippen LogP contribution >= 0.6 is 11.6 Å². The molecule has 90 valence electrons. The van der Waals surface area contributed by atoms with E-state index in [2.05, 4.69) is 6.58 Å². The van der Waals surface area contributed by atoms with Gasteiger partial charge in [0, 0.05) is 10.9 Å². The Labute approximate surface area is 108 Å². The molecule has 0 saturated carbocycles. The van der Waals surface area contributed by atoms with E-state index in [0.717, 1.165) is 16.7 Å². The van der Waals surface area contributed by atoms with E-state index in [-0.39, 0.29) is 11.7 Å². The van der Waals surface area contributed by atoms with Crippen molar-refractivity contribution in [2.75, 3.05) is 0 Å². The van der Waals surface area contributed by atoms with Gasteiger partial charge in [0.25, 0.3) is 0 Å². The highest BCUT2D eigenvalue weighted by Gasteiger charge is 2.13. The lowest BCUT2D eigenvalue weighted by molar-refractivity contribution is -0.113. The first-order valence-electron chi connectivity index (χ1n) is 5.52. The lowest BCUT2D eigenvalue weighted by atomic mass is 9.90. The highest BCUT2D eigenvalue weighted by Crippen LogP contribution is 2.31. The molecule has 1 atom stereocenters. The number of ketones is 1. The van der Waals surface area contributed by atoms with Gasteiger partial charge in [0.1, 0.15) is 0 Å². The van der Waals surface area contributed by atoms with Crippen LogP contribution in [0, 0.1) is 0 Å². The molecule has 0 N–H and O–H groups in total. The van der Waals surface area contributed by atoms with Crippen molar-refractivity contribution >= 4 is 17.4 Å². The number of hydrogen-bond acceptors (Lipinski definition) is 1. The maximum Gasteiger partial charge on any atom is 0.155 e. The Morgan fingerprint density at radius 1 is 1.29 bits per heavy atom. The first-order valence-corrected chi connectivity index (χ1v) is 5.90. The molecule has 0 aliphatic heterocycles. The number of rotatable bonds is 4. The Bertz CT molecular complexity index is 472. The van der Waals surface area contributed by atoms with Crippen LogP contribution in [0.15, 0.2) is 48.1 Å². The van der Waals surface area contributed by atoms with Gasteiger partial charge in [0.2, 0.25) is 0 Å². The second-order valence-corrected chi connectivity index (χ2v) is 4.66. The fourth-order valence-electron chi connectivity index (χ4n) is 1.59. The first kappa shape index (κ1) is 13.7. The standard InChI is InChI=1S/C15H17ClO/c1-10(2)14(9-11(3)12(4)17)13-7-5-6-8-15(13)16/h5-9,14H,1H2,2-4H3/b11-9+. The van der Waals surface area contributed by atoms with E-state index >= 15 is 0 Å². The molecule has 17 heavy (non-hydrogen) atoms. The fourth-order valence-corrected chi connectivity index (χ4v) is 1.85. The summed E-state index contributed by atoms with van der Waals surface area (Å²) >= 11 is 6.17. The van der Waals surface area contributed by atoms with Crippen LogP contribution in [0.25, 0.3) is 0 Å². The second kappa shape index (κ2) is 5.83. The zero-order chi connectivity index (χ0) is 13.0. The normalized spacial score (nSPS) is 13.3. The maximum absolute atomic E-state index is 11.3. The van der Waals surface area contributed by atoms with Gasteiger partial charge in [0.15, 0.2) is 5.78 Å². The number of carbonyl (C=O) groups is 1. The summed E-state index contributed by atoms with van der Waals surface area (Å²) in [7, 11) is 0. The third-order valence-electron chi connectivity index (χ3n) is 2.74. The Balaban J connectivity index is 3.20. The highest BCUT2D eigenvalue weighted by atomic mass is 35.5. The molecule has 0 saturated heterocycles. The summed E-state index contributed by atoms with van der Waals surface area (Å²) in [6, 6.07) is 7.65. The number of halogens is 1. The van der Waals surface area contributed by atoms with Gasteiger partial charge in [0.05, 0.1) is 0 Å². The summed E-state index contributed by atoms with van der Waals surface area (Å²) in [6.45, 7) is 9.29. The largest absolute Gasteiger partial charge is 0.295 e. The minimum absolute atomic E-state index is 0.00685. The molecule has 0 bridgehead atoms. The van der Waals surface area contributed by atoms with E-state index in [4.69, 9.17) is 11.6 Å². The van der Waals surface area contributed by atoms with Gasteiger partial charge in [-0.05, 0) is 38.0 Å². The SMILES string of the molecule is C=C(C)C(/C=C(\C)C(C)=O)c1ccccc1Cl. The molecule has 0 radical (unpaired) electrons. The maximum atomic E-state index is 11.3. The Hall–Kier alpha value is -1.34. The van der Waals surface area contributed by atoms with Crippen LogP contribution in [0.5, 0.6) is 0 Å². The van der Waals surface area contributed by atoms with E-state index in [0.29, 0.717) is 5.02 Å². The smallest absolute Gasteiger partial charge is 0.155 e. The van der Waals surface area contributed by atoms with Crippen molar-refractivity contribution < 1.29 is 4.79 Å². The number of carbonyl (C=O) groups excluding carboxylic acids is 1. The van der Waals surface area contributed by atoms with Crippen LogP contribution in [-0.2, 0) is 4.79 Å². The molecule has 1 aromatic carbocycles. The summed E-state index contributed by atoms with van der Waals surface area (Å²) in [5.41, 5.74) is 2.69. The van der Waals surface area contributed by atoms with Crippen LogP contribution in [0.1, 0.15) is 32.3 Å². The van der Waals surface area contributed by atoms with E-state index in [1.165, 1.54) is 0 Å². The van der Waals surface area contributed by atoms with Crippen molar-refractivity contribution in [3.05, 3.63) is 58.7 Å². The van der Waals surface area contributed by atoms with Gasteiger partial charge < -0.3 is 0 Å². The molecule has 0 heterocycles. The molecule has 0 fully saturated rings. The fraction of sp³-hybridized carbons (Fsp3) is 0.267. The summed E-state index contributed by atoms with van der Waals surface area (Å²) in [5.74, 6) is 0.0657. The monoisotopic (exact) mass is 248 g/mol. The Kier molecular flexibility index (Phi) is 4.71. The molecular formula is C15H17ClO. The van der Waals surface area contributed by atoms with Crippen LogP contribution < -0.4 is 0 Å². The number of hydrogen-bond donors (Lipinski definition) is 0. The molecule has 1 unspecified atom stereocenters. The average molecular weight is 249 g/mol. The van der Waals surface area contributed by atoms with E-state index in [9.17, 15) is 4.79 Å². The molecule has 0 aromatic heterocycles. The first-order chi connectivity index (χ1) is 7.93. The predicted molar refractivity (Wildman–Crippen MR) is 73.4 cm³/mol. The lowest BCUT2D eigenvalue weighted by Gasteiger charge is -2.15. The van der Waals surface area contributed by atoms with Gasteiger partial charge >= 0.3 is 0 Å². The van der Waals surface area contributed by atoms with Gasteiger partial charge in [-0.2, -0.15) is 0 Å². The molecule has 0 spiro atoms. The zero-order valence-corrected chi connectivity index (χ0v) is 11.2. The molecule has 2 heteroatoms. The summed E-state index contributed by atoms with van der Waals surface area (Å²) in [4.78, 5) is 11.3. The van der Waals surface area contributed by atoms with Crippen molar-refractivity contribution in [1.82, 2.24) is 0 Å². The number of allylic oxidation sites excluding steroid dienone is 3. The van der Waals surface area contributed by atoms with Crippen LogP contribution in [0.2, 0.25) is 5.02 Å².